The van der Waals surface area contributed by atoms with E-state index in [0.29, 0.717) is 12.1 Å². The number of nitrogens with one attached hydrogen (secondary N) is 1. The van der Waals surface area contributed by atoms with Gasteiger partial charge in [-0.25, -0.2) is 4.98 Å². The Labute approximate surface area is 117 Å². The molecule has 1 heterocycles. The molecule has 2 rings (SSSR count). The summed E-state index contributed by atoms with van der Waals surface area (Å²) in [5.41, 5.74) is 2.87. The van der Waals surface area contributed by atoms with E-state index >= 15 is 0 Å². The van der Waals surface area contributed by atoms with Crippen molar-refractivity contribution < 1.29 is 0 Å². The molecular formula is C16H29N3. The molecule has 1 aromatic heterocycles. The van der Waals surface area contributed by atoms with E-state index in [1.54, 1.807) is 0 Å². The number of aromatic nitrogens is 2. The topological polar surface area (TPSA) is 29.9 Å². The van der Waals surface area contributed by atoms with Crippen LogP contribution in [0.3, 0.4) is 0 Å². The fraction of sp³-hybridized carbons (Fsp3) is 0.812. The average Bonchev–Trinajstić information content (AvgIpc) is 2.84. The third-order valence-corrected chi connectivity index (χ3v) is 4.37. The molecule has 1 N–H and O–H groups in total. The van der Waals surface area contributed by atoms with Gasteiger partial charge in [0.1, 0.15) is 0 Å². The Hall–Kier alpha value is -0.830. The first-order valence-electron chi connectivity index (χ1n) is 8.09. The van der Waals surface area contributed by atoms with Crippen molar-refractivity contribution in [1.29, 1.82) is 0 Å². The maximum atomic E-state index is 4.66. The lowest BCUT2D eigenvalue weighted by atomic mass is 9.97. The summed E-state index contributed by atoms with van der Waals surface area (Å²) in [6.45, 7) is 7.84. The van der Waals surface area contributed by atoms with Gasteiger partial charge in [0.25, 0.3) is 0 Å². The Balaban J connectivity index is 2.22. The van der Waals surface area contributed by atoms with Crippen LogP contribution in [0, 0.1) is 0 Å². The first kappa shape index (κ1) is 14.6. The molecule has 3 nitrogen and oxygen atoms in total. The van der Waals surface area contributed by atoms with Gasteiger partial charge in [0.15, 0.2) is 0 Å². The fourth-order valence-corrected chi connectivity index (χ4v) is 3.46. The van der Waals surface area contributed by atoms with E-state index in [4.69, 9.17) is 0 Å². The largest absolute Gasteiger partial charge is 0.330 e. The number of likely N-dealkylation sites (N-methyl/N-ethyl adjacent to an activating group) is 1. The highest BCUT2D eigenvalue weighted by molar-refractivity contribution is 5.17. The molecule has 2 unspecified atom stereocenters. The van der Waals surface area contributed by atoms with Gasteiger partial charge in [-0.1, -0.05) is 27.2 Å². The van der Waals surface area contributed by atoms with Crippen LogP contribution in [0.25, 0.3) is 0 Å². The molecular weight excluding hydrogens is 234 g/mol. The molecule has 0 bridgehead atoms. The predicted octanol–water partition coefficient (Wildman–Crippen LogP) is 3.49. The van der Waals surface area contributed by atoms with Crippen molar-refractivity contribution >= 4 is 0 Å². The number of fused-ring (bicyclic) bond motifs is 1. The molecule has 0 aromatic carbocycles. The van der Waals surface area contributed by atoms with Crippen molar-refractivity contribution in [3.8, 4) is 0 Å². The zero-order chi connectivity index (χ0) is 13.7. The Morgan fingerprint density at radius 1 is 1.26 bits per heavy atom. The van der Waals surface area contributed by atoms with Crippen molar-refractivity contribution in [1.82, 2.24) is 14.9 Å². The minimum atomic E-state index is 0.564. The molecule has 108 valence electrons. The van der Waals surface area contributed by atoms with Crippen molar-refractivity contribution in [2.75, 3.05) is 6.54 Å². The van der Waals surface area contributed by atoms with Gasteiger partial charge in [0.05, 0.1) is 12.0 Å². The molecule has 0 saturated heterocycles. The van der Waals surface area contributed by atoms with E-state index in [9.17, 15) is 0 Å². The van der Waals surface area contributed by atoms with Crippen molar-refractivity contribution in [2.45, 2.75) is 77.8 Å². The van der Waals surface area contributed by atoms with Crippen LogP contribution < -0.4 is 5.32 Å². The molecule has 0 radical (unpaired) electrons. The average molecular weight is 263 g/mol. The molecule has 0 saturated carbocycles. The van der Waals surface area contributed by atoms with Gasteiger partial charge >= 0.3 is 0 Å². The van der Waals surface area contributed by atoms with Crippen LogP contribution in [0.5, 0.6) is 0 Å². The third-order valence-electron chi connectivity index (χ3n) is 4.37. The SMILES string of the molecule is CCCC(NCC)C(CC)n1cnc2c1CCCC2. The van der Waals surface area contributed by atoms with E-state index in [-0.39, 0.29) is 0 Å². The smallest absolute Gasteiger partial charge is 0.0954 e. The lowest BCUT2D eigenvalue weighted by molar-refractivity contribution is 0.318. The van der Waals surface area contributed by atoms with Gasteiger partial charge in [-0.3, -0.25) is 0 Å². The molecule has 0 aliphatic heterocycles. The molecule has 0 amide bonds. The molecule has 1 aliphatic rings. The quantitative estimate of drug-likeness (QED) is 0.816. The number of aryl methyl sites for hydroxylation is 1. The van der Waals surface area contributed by atoms with Crippen molar-refractivity contribution in [3.63, 3.8) is 0 Å². The zero-order valence-electron chi connectivity index (χ0n) is 12.8. The Morgan fingerprint density at radius 3 is 2.74 bits per heavy atom. The summed E-state index contributed by atoms with van der Waals surface area (Å²) in [5, 5.41) is 3.68. The highest BCUT2D eigenvalue weighted by Gasteiger charge is 2.24. The summed E-state index contributed by atoms with van der Waals surface area (Å²) >= 11 is 0. The molecule has 0 fully saturated rings. The van der Waals surface area contributed by atoms with Crippen LogP contribution in [0.4, 0.5) is 0 Å². The second kappa shape index (κ2) is 7.09. The Morgan fingerprint density at radius 2 is 2.05 bits per heavy atom. The summed E-state index contributed by atoms with van der Waals surface area (Å²) in [5.74, 6) is 0. The lowest BCUT2D eigenvalue weighted by Gasteiger charge is -2.30. The van der Waals surface area contributed by atoms with Gasteiger partial charge in [-0.15, -0.1) is 0 Å². The van der Waals surface area contributed by atoms with Crippen LogP contribution in [0.1, 0.15) is 70.3 Å². The minimum Gasteiger partial charge on any atom is -0.330 e. The van der Waals surface area contributed by atoms with Crippen LogP contribution in [0.2, 0.25) is 0 Å². The second-order valence-corrected chi connectivity index (χ2v) is 5.68. The molecule has 3 heteroatoms. The summed E-state index contributed by atoms with van der Waals surface area (Å²) < 4.78 is 2.48. The van der Waals surface area contributed by atoms with Gasteiger partial charge in [-0.05, 0) is 45.1 Å². The highest BCUT2D eigenvalue weighted by Crippen LogP contribution is 2.27. The van der Waals surface area contributed by atoms with Crippen LogP contribution >= 0.6 is 0 Å². The Kier molecular flexibility index (Phi) is 5.44. The van der Waals surface area contributed by atoms with Gasteiger partial charge < -0.3 is 9.88 Å². The minimum absolute atomic E-state index is 0.564. The first-order chi connectivity index (χ1) is 9.31. The second-order valence-electron chi connectivity index (χ2n) is 5.68. The van der Waals surface area contributed by atoms with Crippen LogP contribution in [-0.4, -0.2) is 22.1 Å². The van der Waals surface area contributed by atoms with E-state index in [1.165, 1.54) is 56.3 Å². The zero-order valence-corrected chi connectivity index (χ0v) is 12.8. The molecule has 0 spiro atoms. The lowest BCUT2D eigenvalue weighted by Crippen LogP contribution is -2.37. The summed E-state index contributed by atoms with van der Waals surface area (Å²) in [7, 11) is 0. The molecule has 1 aliphatic carbocycles. The highest BCUT2D eigenvalue weighted by atomic mass is 15.1. The van der Waals surface area contributed by atoms with Crippen molar-refractivity contribution in [3.05, 3.63) is 17.7 Å². The van der Waals surface area contributed by atoms with E-state index in [2.05, 4.69) is 42.0 Å². The number of imidazole rings is 1. The maximum absolute atomic E-state index is 4.66. The summed E-state index contributed by atoms with van der Waals surface area (Å²) in [6.07, 6.45) is 10.8. The molecule has 19 heavy (non-hydrogen) atoms. The fourth-order valence-electron chi connectivity index (χ4n) is 3.46. The Bertz CT molecular complexity index is 377. The third kappa shape index (κ3) is 3.19. The number of hydrogen-bond acceptors (Lipinski definition) is 2. The summed E-state index contributed by atoms with van der Waals surface area (Å²) in [4.78, 5) is 4.66. The van der Waals surface area contributed by atoms with Crippen LogP contribution in [-0.2, 0) is 12.8 Å². The molecule has 2 atom stereocenters. The van der Waals surface area contributed by atoms with Gasteiger partial charge in [0.2, 0.25) is 0 Å². The normalized spacial score (nSPS) is 18.1. The maximum Gasteiger partial charge on any atom is 0.0954 e. The monoisotopic (exact) mass is 263 g/mol. The van der Waals surface area contributed by atoms with Gasteiger partial charge in [-0.2, -0.15) is 0 Å². The van der Waals surface area contributed by atoms with Crippen LogP contribution in [0.15, 0.2) is 6.33 Å². The number of nitrogens with zero attached hydrogens (tertiary/aromatic N) is 2. The van der Waals surface area contributed by atoms with Gasteiger partial charge in [0, 0.05) is 17.8 Å². The van der Waals surface area contributed by atoms with Crippen molar-refractivity contribution in [2.24, 2.45) is 0 Å². The summed E-state index contributed by atoms with van der Waals surface area (Å²) in [6, 6.07) is 1.15. The first-order valence-corrected chi connectivity index (χ1v) is 8.09. The van der Waals surface area contributed by atoms with E-state index in [1.807, 2.05) is 0 Å². The van der Waals surface area contributed by atoms with E-state index in [0.717, 1.165) is 6.54 Å². The van der Waals surface area contributed by atoms with E-state index < -0.39 is 0 Å². The standard InChI is InChI=1S/C16H29N3/c1-4-9-13(17-6-3)15(5-2)19-12-18-14-10-7-8-11-16(14)19/h12-13,15,17H,4-11H2,1-3H3. The number of rotatable bonds is 7. The number of hydrogen-bond donors (Lipinski definition) is 1. The molecule has 1 aromatic rings. The predicted molar refractivity (Wildman–Crippen MR) is 80.6 cm³/mol.